The highest BCUT2D eigenvalue weighted by molar-refractivity contribution is 7.94. The van der Waals surface area contributed by atoms with Crippen LogP contribution in [0.25, 0.3) is 5.69 Å². The Morgan fingerprint density at radius 2 is 1.94 bits per heavy atom. The standard InChI is InChI=1S/C22H20ClF3N4OS/c1-14-11-16(22(24,25)26)12-17(23)19(14)30-21(20(31-32-3)18(13-27)28-30)29(2)10-9-15-7-5-4-6-8-15/h4-8,11-12H,9-10H2,1-3H3. The number of halogens is 4. The van der Waals surface area contributed by atoms with Gasteiger partial charge in [0.15, 0.2) is 5.82 Å². The van der Waals surface area contributed by atoms with E-state index in [1.165, 1.54) is 11.6 Å². The molecule has 0 spiro atoms. The quantitative estimate of drug-likeness (QED) is 0.385. The zero-order valence-corrected chi connectivity index (χ0v) is 19.1. The molecule has 10 heteroatoms. The normalized spacial score (nSPS) is 11.3. The lowest BCUT2D eigenvalue weighted by atomic mass is 10.1. The zero-order valence-electron chi connectivity index (χ0n) is 17.6. The summed E-state index contributed by atoms with van der Waals surface area (Å²) in [4.78, 5) is 1.85. The smallest absolute Gasteiger partial charge is 0.416 e. The Morgan fingerprint density at radius 1 is 1.25 bits per heavy atom. The molecule has 1 aromatic heterocycles. The van der Waals surface area contributed by atoms with Crippen molar-refractivity contribution in [1.29, 1.82) is 5.26 Å². The second-order valence-electron chi connectivity index (χ2n) is 7.05. The van der Waals surface area contributed by atoms with Gasteiger partial charge >= 0.3 is 6.18 Å². The molecule has 0 N–H and O–H groups in total. The number of aryl methyl sites for hydroxylation is 1. The van der Waals surface area contributed by atoms with Crippen molar-refractivity contribution in [3.63, 3.8) is 0 Å². The zero-order chi connectivity index (χ0) is 23.5. The molecule has 0 saturated carbocycles. The van der Waals surface area contributed by atoms with Gasteiger partial charge in [0.25, 0.3) is 0 Å². The van der Waals surface area contributed by atoms with Crippen molar-refractivity contribution in [2.45, 2.75) is 19.5 Å². The van der Waals surface area contributed by atoms with E-state index in [-0.39, 0.29) is 27.7 Å². The lowest BCUT2D eigenvalue weighted by Crippen LogP contribution is -2.24. The summed E-state index contributed by atoms with van der Waals surface area (Å²) in [5, 5.41) is 13.8. The first-order valence-corrected chi connectivity index (χ1v) is 11.1. The Kier molecular flexibility index (Phi) is 7.26. The molecule has 0 aliphatic heterocycles. The first-order valence-electron chi connectivity index (χ1n) is 9.54. The SMILES string of the molecule is CSOc1c(C#N)nn(-c2c(C)cc(C(F)(F)F)cc2Cl)c1N(C)CCc1ccccc1. The van der Waals surface area contributed by atoms with Crippen molar-refractivity contribution >= 4 is 29.5 Å². The number of likely N-dealkylation sites (N-methyl/N-ethyl adjacent to an activating group) is 1. The van der Waals surface area contributed by atoms with E-state index < -0.39 is 11.7 Å². The van der Waals surface area contributed by atoms with Crippen molar-refractivity contribution in [3.8, 4) is 17.5 Å². The van der Waals surface area contributed by atoms with Gasteiger partial charge in [0.1, 0.15) is 6.07 Å². The van der Waals surface area contributed by atoms with Gasteiger partial charge in [-0.25, -0.2) is 4.68 Å². The van der Waals surface area contributed by atoms with Crippen LogP contribution in [0.5, 0.6) is 5.75 Å². The van der Waals surface area contributed by atoms with Crippen molar-refractivity contribution in [2.24, 2.45) is 0 Å². The first-order chi connectivity index (χ1) is 15.2. The van der Waals surface area contributed by atoms with Crippen LogP contribution in [-0.4, -0.2) is 29.6 Å². The van der Waals surface area contributed by atoms with Crippen LogP contribution in [0, 0.1) is 18.3 Å². The molecule has 0 amide bonds. The molecule has 3 rings (SSSR count). The van der Waals surface area contributed by atoms with Crippen LogP contribution in [0.3, 0.4) is 0 Å². The summed E-state index contributed by atoms with van der Waals surface area (Å²) in [6, 6.07) is 13.7. The maximum Gasteiger partial charge on any atom is 0.416 e. The van der Waals surface area contributed by atoms with Gasteiger partial charge in [0.2, 0.25) is 11.4 Å². The minimum absolute atomic E-state index is 0.0104. The van der Waals surface area contributed by atoms with Crippen LogP contribution < -0.4 is 9.08 Å². The molecule has 0 unspecified atom stereocenters. The van der Waals surface area contributed by atoms with Crippen LogP contribution >= 0.6 is 23.6 Å². The van der Waals surface area contributed by atoms with Gasteiger partial charge < -0.3 is 9.08 Å². The summed E-state index contributed by atoms with van der Waals surface area (Å²) in [5.74, 6) is 0.655. The van der Waals surface area contributed by atoms with Gasteiger partial charge in [-0.3, -0.25) is 0 Å². The third-order valence-corrected chi connectivity index (χ3v) is 5.45. The summed E-state index contributed by atoms with van der Waals surface area (Å²) in [7, 11) is 1.80. The van der Waals surface area contributed by atoms with Gasteiger partial charge in [-0.15, -0.1) is 0 Å². The highest BCUT2D eigenvalue weighted by atomic mass is 35.5. The number of hydrogen-bond acceptors (Lipinski definition) is 5. The molecule has 1 heterocycles. The molecule has 0 aliphatic rings. The fourth-order valence-electron chi connectivity index (χ4n) is 3.33. The van der Waals surface area contributed by atoms with E-state index in [0.717, 1.165) is 29.7 Å². The van der Waals surface area contributed by atoms with E-state index in [4.69, 9.17) is 15.8 Å². The molecule has 0 fully saturated rings. The Bertz CT molecular complexity index is 1120. The van der Waals surface area contributed by atoms with Crippen LogP contribution in [-0.2, 0) is 12.6 Å². The first kappa shape index (κ1) is 23.8. The fourth-order valence-corrected chi connectivity index (χ4v) is 4.00. The minimum Gasteiger partial charge on any atom is -0.419 e. The molecule has 32 heavy (non-hydrogen) atoms. The highest BCUT2D eigenvalue weighted by Gasteiger charge is 2.33. The Hall–Kier alpha value is -2.83. The number of hydrogen-bond donors (Lipinski definition) is 0. The summed E-state index contributed by atoms with van der Waals surface area (Å²) >= 11 is 7.34. The summed E-state index contributed by atoms with van der Waals surface area (Å²) in [5.41, 5.74) is 0.799. The summed E-state index contributed by atoms with van der Waals surface area (Å²) < 4.78 is 46.7. The van der Waals surface area contributed by atoms with E-state index in [9.17, 15) is 18.4 Å². The van der Waals surface area contributed by atoms with Crippen LogP contribution in [0.2, 0.25) is 5.02 Å². The molecule has 0 saturated heterocycles. The summed E-state index contributed by atoms with van der Waals surface area (Å²) in [6.45, 7) is 2.07. The predicted molar refractivity (Wildman–Crippen MR) is 121 cm³/mol. The molecule has 3 aromatic rings. The van der Waals surface area contributed by atoms with Crippen LogP contribution in [0.4, 0.5) is 19.0 Å². The number of alkyl halides is 3. The predicted octanol–water partition coefficient (Wildman–Crippen LogP) is 6.06. The lowest BCUT2D eigenvalue weighted by molar-refractivity contribution is -0.137. The third kappa shape index (κ3) is 4.97. The number of rotatable bonds is 7. The van der Waals surface area contributed by atoms with E-state index in [1.807, 2.05) is 41.3 Å². The van der Waals surface area contributed by atoms with E-state index in [1.54, 1.807) is 13.3 Å². The van der Waals surface area contributed by atoms with Crippen molar-refractivity contribution in [3.05, 3.63) is 69.9 Å². The molecule has 168 valence electrons. The number of nitriles is 1. The number of aromatic nitrogens is 2. The van der Waals surface area contributed by atoms with Crippen molar-refractivity contribution in [1.82, 2.24) is 9.78 Å². The van der Waals surface area contributed by atoms with Crippen LogP contribution in [0.15, 0.2) is 42.5 Å². The van der Waals surface area contributed by atoms with E-state index >= 15 is 0 Å². The van der Waals surface area contributed by atoms with Gasteiger partial charge in [0, 0.05) is 19.8 Å². The maximum atomic E-state index is 13.2. The third-order valence-electron chi connectivity index (χ3n) is 4.82. The number of anilines is 1. The molecule has 0 radical (unpaired) electrons. The largest absolute Gasteiger partial charge is 0.419 e. The number of benzene rings is 2. The summed E-state index contributed by atoms with van der Waals surface area (Å²) in [6.07, 6.45) is -2.14. The molecule has 0 bridgehead atoms. The highest BCUT2D eigenvalue weighted by Crippen LogP contribution is 2.40. The molecule has 2 aromatic carbocycles. The van der Waals surface area contributed by atoms with Crippen molar-refractivity contribution in [2.75, 3.05) is 24.7 Å². The lowest BCUT2D eigenvalue weighted by Gasteiger charge is -2.23. The monoisotopic (exact) mass is 480 g/mol. The maximum absolute atomic E-state index is 13.2. The van der Waals surface area contributed by atoms with E-state index in [2.05, 4.69) is 5.10 Å². The molecule has 0 atom stereocenters. The van der Waals surface area contributed by atoms with Crippen LogP contribution in [0.1, 0.15) is 22.4 Å². The van der Waals surface area contributed by atoms with Gasteiger partial charge in [-0.2, -0.15) is 23.5 Å². The molecular formula is C22H20ClF3N4OS. The van der Waals surface area contributed by atoms with Gasteiger partial charge in [-0.05, 0) is 36.6 Å². The molecule has 5 nitrogen and oxygen atoms in total. The number of nitrogens with zero attached hydrogens (tertiary/aromatic N) is 4. The Labute approximate surface area is 193 Å². The average Bonchev–Trinajstić information content (AvgIpc) is 3.10. The van der Waals surface area contributed by atoms with Crippen molar-refractivity contribution < 1.29 is 17.4 Å². The molecule has 0 aliphatic carbocycles. The second kappa shape index (κ2) is 9.76. The van der Waals surface area contributed by atoms with Gasteiger partial charge in [-0.1, -0.05) is 41.9 Å². The second-order valence-corrected chi connectivity index (χ2v) is 7.96. The Balaban J connectivity index is 2.11. The fraction of sp³-hybridized carbons (Fsp3) is 0.273. The topological polar surface area (TPSA) is 54.1 Å². The van der Waals surface area contributed by atoms with E-state index in [0.29, 0.717) is 18.8 Å². The average molecular weight is 481 g/mol. The van der Waals surface area contributed by atoms with Gasteiger partial charge in [0.05, 0.1) is 28.3 Å². The molecular weight excluding hydrogens is 461 g/mol. The Morgan fingerprint density at radius 3 is 2.50 bits per heavy atom. The minimum atomic E-state index is -4.53.